The van der Waals surface area contributed by atoms with Gasteiger partial charge in [0, 0.05) is 11.6 Å². The second-order valence-corrected chi connectivity index (χ2v) is 6.45. The molecule has 118 valence electrons. The first kappa shape index (κ1) is 16.3. The molecule has 0 amide bonds. The third-order valence-electron chi connectivity index (χ3n) is 4.90. The Labute approximate surface area is 129 Å². The number of benzene rings is 1. The molecule has 1 fully saturated rings. The summed E-state index contributed by atoms with van der Waals surface area (Å²) in [5.74, 6) is 0.940. The van der Waals surface area contributed by atoms with Crippen molar-refractivity contribution in [3.8, 4) is 5.75 Å². The lowest BCUT2D eigenvalue weighted by atomic mass is 9.73. The Morgan fingerprint density at radius 1 is 1.14 bits per heavy atom. The first-order valence-electron chi connectivity index (χ1n) is 8.26. The molecule has 1 aliphatic carbocycles. The number of ether oxygens (including phenoxy) is 1. The summed E-state index contributed by atoms with van der Waals surface area (Å²) in [7, 11) is 4.34. The number of nitrogens with two attached hydrogens (primary N) is 1. The Morgan fingerprint density at radius 2 is 1.76 bits per heavy atom. The number of likely N-dealkylation sites (N-methyl/N-ethyl adjacent to an activating group) is 1. The highest BCUT2D eigenvalue weighted by Gasteiger charge is 2.40. The summed E-state index contributed by atoms with van der Waals surface area (Å²) < 4.78 is 5.66. The van der Waals surface area contributed by atoms with Crippen molar-refractivity contribution >= 4 is 0 Å². The average Bonchev–Trinajstić information content (AvgIpc) is 2.53. The molecule has 1 saturated carbocycles. The van der Waals surface area contributed by atoms with Crippen LogP contribution in [-0.2, 0) is 0 Å². The summed E-state index contributed by atoms with van der Waals surface area (Å²) in [6, 6.07) is 8.44. The summed E-state index contributed by atoms with van der Waals surface area (Å²) in [5, 5.41) is 0. The van der Waals surface area contributed by atoms with Gasteiger partial charge in [0.05, 0.1) is 6.61 Å². The van der Waals surface area contributed by atoms with E-state index in [2.05, 4.69) is 50.2 Å². The topological polar surface area (TPSA) is 38.5 Å². The monoisotopic (exact) mass is 290 g/mol. The van der Waals surface area contributed by atoms with Crippen LogP contribution in [0.2, 0.25) is 0 Å². The van der Waals surface area contributed by atoms with E-state index in [0.717, 1.165) is 18.8 Å². The van der Waals surface area contributed by atoms with Crippen molar-refractivity contribution in [3.05, 3.63) is 29.8 Å². The quantitative estimate of drug-likeness (QED) is 0.867. The molecule has 0 spiro atoms. The Morgan fingerprint density at radius 3 is 2.29 bits per heavy atom. The fourth-order valence-corrected chi connectivity index (χ4v) is 3.50. The molecule has 1 atom stereocenters. The van der Waals surface area contributed by atoms with Crippen LogP contribution < -0.4 is 10.5 Å². The molecule has 0 saturated heterocycles. The first-order valence-corrected chi connectivity index (χ1v) is 8.26. The van der Waals surface area contributed by atoms with Gasteiger partial charge < -0.3 is 15.4 Å². The highest BCUT2D eigenvalue weighted by Crippen LogP contribution is 2.40. The van der Waals surface area contributed by atoms with Crippen LogP contribution >= 0.6 is 0 Å². The van der Waals surface area contributed by atoms with Crippen LogP contribution in [0.15, 0.2) is 24.3 Å². The molecule has 3 nitrogen and oxygen atoms in total. The van der Waals surface area contributed by atoms with E-state index in [1.54, 1.807) is 0 Å². The van der Waals surface area contributed by atoms with Gasteiger partial charge in [-0.15, -0.1) is 0 Å². The van der Waals surface area contributed by atoms with Gasteiger partial charge in [0.2, 0.25) is 0 Å². The van der Waals surface area contributed by atoms with Gasteiger partial charge in [-0.3, -0.25) is 0 Å². The highest BCUT2D eigenvalue weighted by atomic mass is 16.5. The number of rotatable bonds is 6. The summed E-state index contributed by atoms with van der Waals surface area (Å²) in [5.41, 5.74) is 7.99. The molecule has 3 heteroatoms. The summed E-state index contributed by atoms with van der Waals surface area (Å²) in [6.07, 6.45) is 7.31. The zero-order valence-electron chi connectivity index (χ0n) is 13.8. The zero-order valence-corrected chi connectivity index (χ0v) is 13.8. The molecule has 0 aromatic heterocycles. The maximum Gasteiger partial charge on any atom is 0.119 e. The minimum absolute atomic E-state index is 0.0630. The van der Waals surface area contributed by atoms with Gasteiger partial charge in [0.15, 0.2) is 0 Å². The van der Waals surface area contributed by atoms with Crippen LogP contribution in [0.4, 0.5) is 0 Å². The molecule has 2 rings (SSSR count). The molecule has 1 aliphatic rings. The normalized spacial score (nSPS) is 19.5. The molecular weight excluding hydrogens is 260 g/mol. The molecule has 0 bridgehead atoms. The van der Waals surface area contributed by atoms with Crippen LogP contribution in [0.25, 0.3) is 0 Å². The van der Waals surface area contributed by atoms with Gasteiger partial charge in [0.1, 0.15) is 5.75 Å². The SMILES string of the molecule is CCCOc1ccc(C(N)C2(N(C)C)CCCCC2)cc1. The molecule has 1 unspecified atom stereocenters. The zero-order chi connectivity index (χ0) is 15.3. The van der Waals surface area contributed by atoms with E-state index in [0.29, 0.717) is 0 Å². The lowest BCUT2D eigenvalue weighted by Gasteiger charge is -2.47. The Balaban J connectivity index is 2.15. The summed E-state index contributed by atoms with van der Waals surface area (Å²) >= 11 is 0. The van der Waals surface area contributed by atoms with E-state index < -0.39 is 0 Å². The summed E-state index contributed by atoms with van der Waals surface area (Å²) in [4.78, 5) is 2.35. The fraction of sp³-hybridized carbons (Fsp3) is 0.667. The minimum Gasteiger partial charge on any atom is -0.494 e. The maximum absolute atomic E-state index is 6.67. The van der Waals surface area contributed by atoms with E-state index in [4.69, 9.17) is 10.5 Å². The Kier molecular flexibility index (Phi) is 5.65. The number of nitrogens with zero attached hydrogens (tertiary/aromatic N) is 1. The molecule has 0 aliphatic heterocycles. The second kappa shape index (κ2) is 7.28. The van der Waals surface area contributed by atoms with Gasteiger partial charge in [0.25, 0.3) is 0 Å². The molecule has 0 heterocycles. The largest absolute Gasteiger partial charge is 0.494 e. The number of hydrogen-bond donors (Lipinski definition) is 1. The molecule has 1 aromatic carbocycles. The van der Waals surface area contributed by atoms with E-state index in [9.17, 15) is 0 Å². The van der Waals surface area contributed by atoms with Crippen molar-refractivity contribution in [3.63, 3.8) is 0 Å². The van der Waals surface area contributed by atoms with Gasteiger partial charge in [-0.25, -0.2) is 0 Å². The van der Waals surface area contributed by atoms with Crippen molar-refractivity contribution < 1.29 is 4.74 Å². The fourth-order valence-electron chi connectivity index (χ4n) is 3.50. The second-order valence-electron chi connectivity index (χ2n) is 6.45. The van der Waals surface area contributed by atoms with Gasteiger partial charge in [-0.2, -0.15) is 0 Å². The molecule has 21 heavy (non-hydrogen) atoms. The van der Waals surface area contributed by atoms with Crippen LogP contribution in [-0.4, -0.2) is 31.1 Å². The van der Waals surface area contributed by atoms with E-state index in [1.165, 1.54) is 37.7 Å². The average molecular weight is 290 g/mol. The van der Waals surface area contributed by atoms with Gasteiger partial charge in [-0.05, 0) is 51.1 Å². The standard InChI is InChI=1S/C18H30N2O/c1-4-14-21-16-10-8-15(9-11-16)17(19)18(20(2)3)12-6-5-7-13-18/h8-11,17H,4-7,12-14,19H2,1-3H3. The lowest BCUT2D eigenvalue weighted by Crippen LogP contribution is -2.53. The van der Waals surface area contributed by atoms with Gasteiger partial charge in [-0.1, -0.05) is 38.3 Å². The molecule has 1 aromatic rings. The maximum atomic E-state index is 6.67. The molecule has 0 radical (unpaired) electrons. The van der Waals surface area contributed by atoms with Crippen molar-refractivity contribution in [2.24, 2.45) is 5.73 Å². The number of hydrogen-bond acceptors (Lipinski definition) is 3. The van der Waals surface area contributed by atoms with Crippen molar-refractivity contribution in [2.45, 2.75) is 57.0 Å². The first-order chi connectivity index (χ1) is 10.1. The van der Waals surface area contributed by atoms with E-state index >= 15 is 0 Å². The van der Waals surface area contributed by atoms with E-state index in [-0.39, 0.29) is 11.6 Å². The van der Waals surface area contributed by atoms with Crippen molar-refractivity contribution in [1.82, 2.24) is 4.90 Å². The van der Waals surface area contributed by atoms with Crippen molar-refractivity contribution in [2.75, 3.05) is 20.7 Å². The predicted molar refractivity (Wildman–Crippen MR) is 88.7 cm³/mol. The Hall–Kier alpha value is -1.06. The highest BCUT2D eigenvalue weighted by molar-refractivity contribution is 5.31. The third-order valence-corrected chi connectivity index (χ3v) is 4.90. The minimum atomic E-state index is 0.0630. The third kappa shape index (κ3) is 3.58. The van der Waals surface area contributed by atoms with E-state index in [1.807, 2.05) is 0 Å². The lowest BCUT2D eigenvalue weighted by molar-refractivity contribution is 0.0713. The molecule has 2 N–H and O–H groups in total. The van der Waals surface area contributed by atoms with Crippen LogP contribution in [0.5, 0.6) is 5.75 Å². The predicted octanol–water partition coefficient (Wildman–Crippen LogP) is 3.74. The van der Waals surface area contributed by atoms with Crippen LogP contribution in [0, 0.1) is 0 Å². The van der Waals surface area contributed by atoms with Crippen molar-refractivity contribution in [1.29, 1.82) is 0 Å². The smallest absolute Gasteiger partial charge is 0.119 e. The van der Waals surface area contributed by atoms with Gasteiger partial charge >= 0.3 is 0 Å². The summed E-state index contributed by atoms with van der Waals surface area (Å²) in [6.45, 7) is 2.89. The Bertz CT molecular complexity index is 421. The van der Waals surface area contributed by atoms with Crippen LogP contribution in [0.3, 0.4) is 0 Å². The van der Waals surface area contributed by atoms with Crippen LogP contribution in [0.1, 0.15) is 57.1 Å². The molecular formula is C18H30N2O.